The Morgan fingerprint density at radius 3 is 2.69 bits per heavy atom. The number of sulfone groups is 1. The minimum absolute atomic E-state index is 0.0747. The average Bonchev–Trinajstić information content (AvgIpc) is 2.79. The normalized spacial score (nSPS) is 20.1. The number of nitrogens with one attached hydrogen (secondary N) is 1. The van der Waals surface area contributed by atoms with Crippen molar-refractivity contribution in [2.24, 2.45) is 0 Å². The van der Waals surface area contributed by atoms with Gasteiger partial charge in [-0.1, -0.05) is 30.3 Å². The van der Waals surface area contributed by atoms with Crippen molar-refractivity contribution < 1.29 is 27.9 Å². The van der Waals surface area contributed by atoms with E-state index in [-0.39, 0.29) is 19.0 Å². The lowest BCUT2D eigenvalue weighted by Crippen LogP contribution is -2.49. The number of aryl methyl sites for hydroxylation is 1. The summed E-state index contributed by atoms with van der Waals surface area (Å²) in [7, 11) is -3.69. The van der Waals surface area contributed by atoms with E-state index in [0.29, 0.717) is 17.9 Å². The number of pyridine rings is 1. The summed E-state index contributed by atoms with van der Waals surface area (Å²) in [5.74, 6) is -0.430. The van der Waals surface area contributed by atoms with E-state index in [1.807, 2.05) is 37.3 Å². The fraction of sp³-hybridized carbons (Fsp3) is 0.304. The van der Waals surface area contributed by atoms with Gasteiger partial charge in [-0.15, -0.1) is 0 Å². The van der Waals surface area contributed by atoms with Crippen LogP contribution in [0.3, 0.4) is 0 Å². The molecule has 1 aliphatic heterocycles. The van der Waals surface area contributed by atoms with Crippen molar-refractivity contribution in [3.63, 3.8) is 0 Å². The van der Waals surface area contributed by atoms with Gasteiger partial charge >= 0.3 is 0 Å². The van der Waals surface area contributed by atoms with Crippen LogP contribution in [0.2, 0.25) is 0 Å². The van der Waals surface area contributed by atoms with Crippen LogP contribution in [-0.2, 0) is 30.7 Å². The van der Waals surface area contributed by atoms with Crippen molar-refractivity contribution in [2.45, 2.75) is 24.7 Å². The summed E-state index contributed by atoms with van der Waals surface area (Å²) in [5.41, 5.74) is 4.73. The quantitative estimate of drug-likeness (QED) is 0.433. The third-order valence-electron chi connectivity index (χ3n) is 5.70. The largest absolute Gasteiger partial charge is 0.489 e. The van der Waals surface area contributed by atoms with E-state index in [0.717, 1.165) is 22.2 Å². The first-order chi connectivity index (χ1) is 15.3. The van der Waals surface area contributed by atoms with Gasteiger partial charge in [-0.2, -0.15) is 0 Å². The van der Waals surface area contributed by atoms with Gasteiger partial charge in [0.25, 0.3) is 0 Å². The molecule has 0 bridgehead atoms. The lowest BCUT2D eigenvalue weighted by Gasteiger charge is -2.36. The Morgan fingerprint density at radius 2 is 1.97 bits per heavy atom. The fourth-order valence-electron chi connectivity index (χ4n) is 4.05. The highest BCUT2D eigenvalue weighted by Crippen LogP contribution is 2.38. The Hall–Kier alpha value is -3.01. The smallest absolute Gasteiger partial charge is 0.245 e. The molecule has 1 unspecified atom stereocenters. The van der Waals surface area contributed by atoms with Crippen molar-refractivity contribution >= 4 is 26.6 Å². The molecule has 1 aromatic heterocycles. The SMILES string of the molecule is Cc1cc(COc2ccc(C3(CC(=O)NO)COCCS3(=O)=O)cc2)c2ccccc2n1. The van der Waals surface area contributed by atoms with Gasteiger partial charge in [-0.25, -0.2) is 13.9 Å². The second kappa shape index (κ2) is 8.85. The number of benzene rings is 2. The summed E-state index contributed by atoms with van der Waals surface area (Å²) >= 11 is 0. The molecule has 168 valence electrons. The number of carbonyl (C=O) groups is 1. The fourth-order valence-corrected chi connectivity index (χ4v) is 5.88. The van der Waals surface area contributed by atoms with Gasteiger partial charge in [0.1, 0.15) is 17.1 Å². The molecule has 1 amide bonds. The van der Waals surface area contributed by atoms with Crippen LogP contribution in [0.25, 0.3) is 10.9 Å². The van der Waals surface area contributed by atoms with Gasteiger partial charge < -0.3 is 9.47 Å². The molecule has 1 fully saturated rings. The van der Waals surface area contributed by atoms with E-state index in [1.165, 1.54) is 5.48 Å². The second-order valence-electron chi connectivity index (χ2n) is 7.83. The van der Waals surface area contributed by atoms with Crippen LogP contribution >= 0.6 is 0 Å². The summed E-state index contributed by atoms with van der Waals surface area (Å²) in [6, 6.07) is 16.4. The van der Waals surface area contributed by atoms with Gasteiger partial charge in [0, 0.05) is 16.6 Å². The van der Waals surface area contributed by atoms with Crippen molar-refractivity contribution in [1.82, 2.24) is 10.5 Å². The minimum atomic E-state index is -3.69. The van der Waals surface area contributed by atoms with E-state index in [2.05, 4.69) is 4.98 Å². The van der Waals surface area contributed by atoms with Gasteiger partial charge in [-0.05, 0) is 36.8 Å². The standard InChI is InChI=1S/C23H24N2O6S/c1-16-12-17(20-4-2-3-5-21(20)24-16)14-31-19-8-6-18(7-9-19)23(13-22(26)25-27)15-30-10-11-32(23,28)29/h2-9,12,27H,10-11,13-15H2,1H3,(H,25,26). The molecule has 3 aromatic rings. The van der Waals surface area contributed by atoms with Crippen LogP contribution in [0.4, 0.5) is 0 Å². The molecule has 0 radical (unpaired) electrons. The summed E-state index contributed by atoms with van der Waals surface area (Å²) < 4.78 is 35.7. The van der Waals surface area contributed by atoms with Crippen LogP contribution in [0, 0.1) is 6.92 Å². The zero-order chi connectivity index (χ0) is 22.8. The third-order valence-corrected chi connectivity index (χ3v) is 8.10. The summed E-state index contributed by atoms with van der Waals surface area (Å²) in [4.78, 5) is 16.4. The Labute approximate surface area is 186 Å². The first kappa shape index (κ1) is 22.2. The van der Waals surface area contributed by atoms with E-state index < -0.39 is 26.9 Å². The molecule has 1 atom stereocenters. The molecule has 0 aliphatic carbocycles. The van der Waals surface area contributed by atoms with Crippen molar-refractivity contribution in [3.8, 4) is 5.75 Å². The van der Waals surface area contributed by atoms with E-state index in [4.69, 9.17) is 14.7 Å². The molecular weight excluding hydrogens is 432 g/mol. The number of ether oxygens (including phenoxy) is 2. The number of nitrogens with zero attached hydrogens (tertiary/aromatic N) is 1. The van der Waals surface area contributed by atoms with Gasteiger partial charge in [0.15, 0.2) is 9.84 Å². The lowest BCUT2D eigenvalue weighted by molar-refractivity contribution is -0.130. The highest BCUT2D eigenvalue weighted by atomic mass is 32.2. The minimum Gasteiger partial charge on any atom is -0.489 e. The predicted molar refractivity (Wildman–Crippen MR) is 118 cm³/mol. The Kier molecular flexibility index (Phi) is 6.14. The molecule has 1 saturated heterocycles. The first-order valence-corrected chi connectivity index (χ1v) is 11.8. The molecule has 1 aliphatic rings. The highest BCUT2D eigenvalue weighted by Gasteiger charge is 2.49. The summed E-state index contributed by atoms with van der Waals surface area (Å²) in [5, 5.41) is 9.96. The van der Waals surface area contributed by atoms with Crippen LogP contribution in [-0.4, -0.2) is 43.5 Å². The zero-order valence-electron chi connectivity index (χ0n) is 17.6. The summed E-state index contributed by atoms with van der Waals surface area (Å²) in [6.07, 6.45) is -0.436. The number of hydrogen-bond acceptors (Lipinski definition) is 7. The maximum atomic E-state index is 12.9. The van der Waals surface area contributed by atoms with Crippen molar-refractivity contribution in [2.75, 3.05) is 19.0 Å². The van der Waals surface area contributed by atoms with Crippen molar-refractivity contribution in [1.29, 1.82) is 0 Å². The number of rotatable bonds is 6. The van der Waals surface area contributed by atoms with E-state index in [1.54, 1.807) is 24.3 Å². The van der Waals surface area contributed by atoms with Crippen LogP contribution in [0.1, 0.15) is 23.2 Å². The monoisotopic (exact) mass is 456 g/mol. The Bertz CT molecular complexity index is 1240. The molecular formula is C23H24N2O6S. The number of amides is 1. The highest BCUT2D eigenvalue weighted by molar-refractivity contribution is 7.92. The van der Waals surface area contributed by atoms with E-state index in [9.17, 15) is 13.2 Å². The molecule has 4 rings (SSSR count). The number of fused-ring (bicyclic) bond motifs is 1. The predicted octanol–water partition coefficient (Wildman–Crippen LogP) is 2.66. The van der Waals surface area contributed by atoms with Gasteiger partial charge in [-0.3, -0.25) is 15.0 Å². The summed E-state index contributed by atoms with van der Waals surface area (Å²) in [6.45, 7) is 2.17. The first-order valence-electron chi connectivity index (χ1n) is 10.2. The number of aromatic nitrogens is 1. The Balaban J connectivity index is 1.59. The average molecular weight is 457 g/mol. The van der Waals surface area contributed by atoms with Crippen LogP contribution in [0.5, 0.6) is 5.75 Å². The second-order valence-corrected chi connectivity index (χ2v) is 10.2. The maximum Gasteiger partial charge on any atom is 0.245 e. The maximum absolute atomic E-state index is 12.9. The molecule has 0 saturated carbocycles. The molecule has 9 heteroatoms. The number of para-hydroxylation sites is 1. The molecule has 2 heterocycles. The molecule has 8 nitrogen and oxygen atoms in total. The topological polar surface area (TPSA) is 115 Å². The third kappa shape index (κ3) is 4.19. The van der Waals surface area contributed by atoms with Gasteiger partial charge in [0.05, 0.1) is 30.9 Å². The number of carbonyl (C=O) groups excluding carboxylic acids is 1. The molecule has 2 aromatic carbocycles. The Morgan fingerprint density at radius 1 is 1.22 bits per heavy atom. The van der Waals surface area contributed by atoms with Crippen LogP contribution < -0.4 is 10.2 Å². The van der Waals surface area contributed by atoms with Crippen molar-refractivity contribution in [3.05, 3.63) is 71.4 Å². The molecule has 32 heavy (non-hydrogen) atoms. The molecule has 2 N–H and O–H groups in total. The van der Waals surface area contributed by atoms with E-state index >= 15 is 0 Å². The zero-order valence-corrected chi connectivity index (χ0v) is 18.4. The van der Waals surface area contributed by atoms with Gasteiger partial charge in [0.2, 0.25) is 5.91 Å². The number of hydrogen-bond donors (Lipinski definition) is 2. The number of hydroxylamine groups is 1. The molecule has 0 spiro atoms. The lowest BCUT2D eigenvalue weighted by atomic mass is 9.94. The van der Waals surface area contributed by atoms with Crippen LogP contribution in [0.15, 0.2) is 54.6 Å².